The fourth-order valence-corrected chi connectivity index (χ4v) is 3.90. The zero-order valence-electron chi connectivity index (χ0n) is 16.9. The Morgan fingerprint density at radius 3 is 2.61 bits per heavy atom. The number of hydrogen-bond acceptors (Lipinski definition) is 2. The first-order valence-corrected chi connectivity index (χ1v) is 10.3. The highest BCUT2D eigenvalue weighted by atomic mass is 35.5. The van der Waals surface area contributed by atoms with E-state index in [0.29, 0.717) is 11.3 Å². The average Bonchev–Trinajstić information content (AvgIpc) is 3.10. The monoisotopic (exact) mass is 437 g/mol. The van der Waals surface area contributed by atoms with E-state index in [1.165, 1.54) is 18.2 Å². The molecule has 7 heteroatoms. The van der Waals surface area contributed by atoms with E-state index in [-0.39, 0.29) is 23.5 Å². The van der Waals surface area contributed by atoms with Crippen molar-refractivity contribution >= 4 is 34.9 Å². The van der Waals surface area contributed by atoms with Crippen molar-refractivity contribution in [2.75, 3.05) is 10.2 Å². The van der Waals surface area contributed by atoms with Crippen molar-refractivity contribution < 1.29 is 14.0 Å². The number of hydrogen-bond donors (Lipinski definition) is 2. The molecule has 1 aliphatic heterocycles. The molecule has 2 N–H and O–H groups in total. The maximum Gasteiger partial charge on any atom is 0.319 e. The van der Waals surface area contributed by atoms with Crippen LogP contribution in [0.1, 0.15) is 28.4 Å². The summed E-state index contributed by atoms with van der Waals surface area (Å²) in [5.41, 5.74) is 3.87. The number of amides is 3. The third kappa shape index (κ3) is 4.54. The summed E-state index contributed by atoms with van der Waals surface area (Å²) < 4.78 is 13.3. The second-order valence-electron chi connectivity index (χ2n) is 7.49. The molecule has 0 bridgehead atoms. The molecule has 1 heterocycles. The SMILES string of the molecule is C[C@H]1Cc2ccc(CNC(=O)Nc3ccc(F)c(Cl)c3)cc2N1C(=O)c1ccccc1. The lowest BCUT2D eigenvalue weighted by Crippen LogP contribution is -2.35. The van der Waals surface area contributed by atoms with Gasteiger partial charge in [0.2, 0.25) is 0 Å². The molecule has 0 aromatic heterocycles. The van der Waals surface area contributed by atoms with Crippen LogP contribution in [-0.2, 0) is 13.0 Å². The Hall–Kier alpha value is -3.38. The smallest absolute Gasteiger partial charge is 0.319 e. The van der Waals surface area contributed by atoms with Gasteiger partial charge in [0.15, 0.2) is 0 Å². The van der Waals surface area contributed by atoms with Crippen LogP contribution in [0.25, 0.3) is 0 Å². The number of benzene rings is 3. The number of halogens is 2. The van der Waals surface area contributed by atoms with Crippen LogP contribution in [0, 0.1) is 5.82 Å². The summed E-state index contributed by atoms with van der Waals surface area (Å²) in [5.74, 6) is -0.586. The molecule has 158 valence electrons. The van der Waals surface area contributed by atoms with E-state index < -0.39 is 11.8 Å². The molecule has 1 atom stereocenters. The predicted octanol–water partition coefficient (Wildman–Crippen LogP) is 5.39. The molecule has 0 radical (unpaired) electrons. The van der Waals surface area contributed by atoms with Gasteiger partial charge in [0.25, 0.3) is 5.91 Å². The largest absolute Gasteiger partial charge is 0.334 e. The summed E-state index contributed by atoms with van der Waals surface area (Å²) in [6, 6.07) is 18.7. The number of carbonyl (C=O) groups excluding carboxylic acids is 2. The summed E-state index contributed by atoms with van der Waals surface area (Å²) in [7, 11) is 0. The van der Waals surface area contributed by atoms with Gasteiger partial charge in [-0.15, -0.1) is 0 Å². The molecule has 1 aliphatic rings. The van der Waals surface area contributed by atoms with Crippen molar-refractivity contribution in [3.05, 3.63) is 94.3 Å². The van der Waals surface area contributed by atoms with Crippen molar-refractivity contribution in [1.82, 2.24) is 5.32 Å². The third-order valence-corrected chi connectivity index (χ3v) is 5.53. The lowest BCUT2D eigenvalue weighted by molar-refractivity contribution is 0.0981. The fourth-order valence-electron chi connectivity index (χ4n) is 3.72. The summed E-state index contributed by atoms with van der Waals surface area (Å²) in [5, 5.41) is 5.33. The van der Waals surface area contributed by atoms with Crippen LogP contribution in [0.15, 0.2) is 66.7 Å². The van der Waals surface area contributed by atoms with Gasteiger partial charge >= 0.3 is 6.03 Å². The van der Waals surface area contributed by atoms with E-state index in [0.717, 1.165) is 23.2 Å². The number of fused-ring (bicyclic) bond motifs is 1. The molecule has 0 saturated carbocycles. The Labute approximate surface area is 184 Å². The Kier molecular flexibility index (Phi) is 5.91. The first-order valence-electron chi connectivity index (χ1n) is 9.92. The maximum atomic E-state index is 13.3. The molecule has 3 aromatic rings. The van der Waals surface area contributed by atoms with Crippen molar-refractivity contribution in [3.63, 3.8) is 0 Å². The lowest BCUT2D eigenvalue weighted by Gasteiger charge is -2.23. The van der Waals surface area contributed by atoms with Gasteiger partial charge < -0.3 is 15.5 Å². The molecule has 0 aliphatic carbocycles. The Balaban J connectivity index is 1.45. The van der Waals surface area contributed by atoms with Crippen LogP contribution in [0.3, 0.4) is 0 Å². The van der Waals surface area contributed by atoms with Crippen LogP contribution in [0.2, 0.25) is 5.02 Å². The third-order valence-electron chi connectivity index (χ3n) is 5.24. The minimum atomic E-state index is -0.547. The van der Waals surface area contributed by atoms with Crippen molar-refractivity contribution in [1.29, 1.82) is 0 Å². The lowest BCUT2D eigenvalue weighted by atomic mass is 10.1. The van der Waals surface area contributed by atoms with Gasteiger partial charge in [-0.1, -0.05) is 41.9 Å². The van der Waals surface area contributed by atoms with Gasteiger partial charge in [0.05, 0.1) is 5.02 Å². The molecular formula is C24H21ClFN3O2. The Morgan fingerprint density at radius 2 is 1.87 bits per heavy atom. The van der Waals surface area contributed by atoms with E-state index >= 15 is 0 Å². The molecule has 0 unspecified atom stereocenters. The Bertz CT molecular complexity index is 1140. The highest BCUT2D eigenvalue weighted by Crippen LogP contribution is 2.34. The van der Waals surface area contributed by atoms with Crippen LogP contribution in [0.5, 0.6) is 0 Å². The predicted molar refractivity (Wildman–Crippen MR) is 120 cm³/mol. The van der Waals surface area contributed by atoms with Crippen LogP contribution in [0.4, 0.5) is 20.6 Å². The summed E-state index contributed by atoms with van der Waals surface area (Å²) >= 11 is 5.74. The van der Waals surface area contributed by atoms with Gasteiger partial charge in [-0.05, 0) is 60.9 Å². The molecule has 4 rings (SSSR count). The van der Waals surface area contributed by atoms with Crippen molar-refractivity contribution in [2.45, 2.75) is 25.9 Å². The van der Waals surface area contributed by atoms with Crippen molar-refractivity contribution in [3.8, 4) is 0 Å². The number of urea groups is 1. The van der Waals surface area contributed by atoms with E-state index in [1.54, 1.807) is 0 Å². The molecule has 31 heavy (non-hydrogen) atoms. The van der Waals surface area contributed by atoms with E-state index in [9.17, 15) is 14.0 Å². The topological polar surface area (TPSA) is 61.4 Å². The molecule has 3 amide bonds. The van der Waals surface area contributed by atoms with Gasteiger partial charge in [-0.25, -0.2) is 9.18 Å². The summed E-state index contributed by atoms with van der Waals surface area (Å²) in [6.45, 7) is 2.30. The number of anilines is 2. The summed E-state index contributed by atoms with van der Waals surface area (Å²) in [4.78, 5) is 27.1. The average molecular weight is 438 g/mol. The van der Waals surface area contributed by atoms with Crippen LogP contribution < -0.4 is 15.5 Å². The van der Waals surface area contributed by atoms with Crippen molar-refractivity contribution in [2.24, 2.45) is 0 Å². The molecule has 3 aromatic carbocycles. The normalized spacial score (nSPS) is 14.8. The highest BCUT2D eigenvalue weighted by Gasteiger charge is 2.31. The quantitative estimate of drug-likeness (QED) is 0.574. The fraction of sp³-hybridized carbons (Fsp3) is 0.167. The Morgan fingerprint density at radius 1 is 1.10 bits per heavy atom. The first kappa shape index (κ1) is 20.9. The molecule has 0 saturated heterocycles. The molecular weight excluding hydrogens is 417 g/mol. The van der Waals surface area contributed by atoms with E-state index in [4.69, 9.17) is 11.6 Å². The molecule has 0 spiro atoms. The zero-order valence-corrected chi connectivity index (χ0v) is 17.6. The maximum absolute atomic E-state index is 13.3. The first-order chi connectivity index (χ1) is 14.9. The minimum Gasteiger partial charge on any atom is -0.334 e. The van der Waals surface area contributed by atoms with E-state index in [2.05, 4.69) is 10.6 Å². The van der Waals surface area contributed by atoms with Gasteiger partial charge in [0.1, 0.15) is 5.82 Å². The van der Waals surface area contributed by atoms with Crippen LogP contribution in [-0.4, -0.2) is 18.0 Å². The number of carbonyl (C=O) groups is 2. The second-order valence-corrected chi connectivity index (χ2v) is 7.90. The standard InChI is InChI=1S/C24H21ClFN3O2/c1-15-11-18-8-7-16(12-22(18)29(15)23(30)17-5-3-2-4-6-17)14-27-24(31)28-19-9-10-21(26)20(25)13-19/h2-10,12-13,15H,11,14H2,1H3,(H2,27,28,31)/t15-/m0/s1. The zero-order chi connectivity index (χ0) is 22.0. The molecule has 5 nitrogen and oxygen atoms in total. The van der Waals surface area contributed by atoms with Gasteiger partial charge in [-0.3, -0.25) is 4.79 Å². The van der Waals surface area contributed by atoms with E-state index in [1.807, 2.05) is 60.4 Å². The molecule has 0 fully saturated rings. The minimum absolute atomic E-state index is 0.0390. The number of nitrogens with zero attached hydrogens (tertiary/aromatic N) is 1. The highest BCUT2D eigenvalue weighted by molar-refractivity contribution is 6.31. The van der Waals surface area contributed by atoms with Gasteiger partial charge in [-0.2, -0.15) is 0 Å². The number of nitrogens with one attached hydrogen (secondary N) is 2. The van der Waals surface area contributed by atoms with Crippen LogP contribution >= 0.6 is 11.6 Å². The summed E-state index contributed by atoms with van der Waals surface area (Å²) in [6.07, 6.45) is 0.785. The number of rotatable bonds is 4. The van der Waals surface area contributed by atoms with Gasteiger partial charge in [0, 0.05) is 29.5 Å². The second kappa shape index (κ2) is 8.78.